The Morgan fingerprint density at radius 3 is 2.17 bits per heavy atom. The molecule has 0 aromatic heterocycles. The molecule has 2 aliphatic heterocycles. The van der Waals surface area contributed by atoms with Crippen molar-refractivity contribution in [2.45, 2.75) is 32.1 Å². The van der Waals surface area contributed by atoms with Gasteiger partial charge in [-0.3, -0.25) is 4.79 Å². The summed E-state index contributed by atoms with van der Waals surface area (Å²) in [6.07, 6.45) is 7.61. The Kier molecular flexibility index (Phi) is 4.97. The minimum atomic E-state index is -0.134. The fourth-order valence-corrected chi connectivity index (χ4v) is 3.33. The van der Waals surface area contributed by atoms with Gasteiger partial charge in [-0.1, -0.05) is 12.1 Å². The van der Waals surface area contributed by atoms with Crippen LogP contribution in [0.1, 0.15) is 37.7 Å². The first-order valence-electron chi connectivity index (χ1n) is 8.54. The molecule has 0 N–H and O–H groups in total. The smallest absolute Gasteiger partial charge is 0.264 e. The lowest BCUT2D eigenvalue weighted by atomic mass is 10.1. The highest BCUT2D eigenvalue weighted by atomic mass is 16.2. The van der Waals surface area contributed by atoms with Crippen LogP contribution in [0.25, 0.3) is 6.08 Å². The van der Waals surface area contributed by atoms with Gasteiger partial charge in [-0.15, -0.1) is 0 Å². The van der Waals surface area contributed by atoms with Gasteiger partial charge < -0.3 is 9.80 Å². The lowest BCUT2D eigenvalue weighted by molar-refractivity contribution is -0.125. The molecule has 4 nitrogen and oxygen atoms in total. The minimum absolute atomic E-state index is 0.134. The molecule has 1 aromatic carbocycles. The lowest BCUT2D eigenvalue weighted by Gasteiger charge is -2.28. The van der Waals surface area contributed by atoms with E-state index in [-0.39, 0.29) is 11.5 Å². The zero-order valence-corrected chi connectivity index (χ0v) is 13.5. The largest absolute Gasteiger partial charge is 0.372 e. The number of anilines is 1. The second kappa shape index (κ2) is 7.32. The van der Waals surface area contributed by atoms with Crippen molar-refractivity contribution in [3.63, 3.8) is 0 Å². The lowest BCUT2D eigenvalue weighted by Crippen LogP contribution is -2.29. The standard InChI is InChI=1S/C19H23N3O/c20-15-17(19(23)22-12-4-5-13-22)14-16-6-8-18(9-7-16)21-10-2-1-3-11-21/h6-9,14H,1-5,10-13H2/b17-14+. The van der Waals surface area contributed by atoms with Gasteiger partial charge in [-0.2, -0.15) is 5.26 Å². The van der Waals surface area contributed by atoms with E-state index in [1.807, 2.05) is 12.1 Å². The molecule has 0 bridgehead atoms. The van der Waals surface area contributed by atoms with Crippen LogP contribution in [0.5, 0.6) is 0 Å². The van der Waals surface area contributed by atoms with E-state index in [1.54, 1.807) is 11.0 Å². The molecule has 0 aliphatic carbocycles. The van der Waals surface area contributed by atoms with E-state index in [0.29, 0.717) is 0 Å². The number of carbonyl (C=O) groups excluding carboxylic acids is 1. The molecule has 2 heterocycles. The summed E-state index contributed by atoms with van der Waals surface area (Å²) < 4.78 is 0. The second-order valence-corrected chi connectivity index (χ2v) is 6.31. The van der Waals surface area contributed by atoms with Gasteiger partial charge in [0.1, 0.15) is 11.6 Å². The van der Waals surface area contributed by atoms with Crippen LogP contribution in [0.15, 0.2) is 29.8 Å². The summed E-state index contributed by atoms with van der Waals surface area (Å²) >= 11 is 0. The predicted octanol–water partition coefficient (Wildman–Crippen LogP) is 3.21. The zero-order chi connectivity index (χ0) is 16.1. The van der Waals surface area contributed by atoms with Crippen LogP contribution in [-0.4, -0.2) is 37.0 Å². The fraction of sp³-hybridized carbons (Fsp3) is 0.474. The van der Waals surface area contributed by atoms with Crippen LogP contribution in [0.3, 0.4) is 0 Å². The van der Waals surface area contributed by atoms with Crippen molar-refractivity contribution in [2.75, 3.05) is 31.1 Å². The molecular weight excluding hydrogens is 286 g/mol. The van der Waals surface area contributed by atoms with E-state index >= 15 is 0 Å². The number of amides is 1. The number of hydrogen-bond acceptors (Lipinski definition) is 3. The van der Waals surface area contributed by atoms with Gasteiger partial charge in [0.15, 0.2) is 0 Å². The van der Waals surface area contributed by atoms with Crippen molar-refractivity contribution in [1.82, 2.24) is 4.90 Å². The van der Waals surface area contributed by atoms with Crippen LogP contribution in [0, 0.1) is 11.3 Å². The van der Waals surface area contributed by atoms with Gasteiger partial charge in [-0.25, -0.2) is 0 Å². The van der Waals surface area contributed by atoms with E-state index in [1.165, 1.54) is 24.9 Å². The molecule has 0 spiro atoms. The summed E-state index contributed by atoms with van der Waals surface area (Å²) in [6.45, 7) is 3.77. The van der Waals surface area contributed by atoms with Gasteiger partial charge in [0.05, 0.1) is 0 Å². The van der Waals surface area contributed by atoms with Crippen molar-refractivity contribution in [3.05, 3.63) is 35.4 Å². The van der Waals surface area contributed by atoms with Crippen molar-refractivity contribution < 1.29 is 4.79 Å². The third-order valence-corrected chi connectivity index (χ3v) is 4.67. The zero-order valence-electron chi connectivity index (χ0n) is 13.5. The number of benzene rings is 1. The first-order valence-corrected chi connectivity index (χ1v) is 8.54. The Morgan fingerprint density at radius 1 is 0.957 bits per heavy atom. The van der Waals surface area contributed by atoms with Gasteiger partial charge in [-0.05, 0) is 55.9 Å². The second-order valence-electron chi connectivity index (χ2n) is 6.31. The van der Waals surface area contributed by atoms with Crippen molar-refractivity contribution in [2.24, 2.45) is 0 Å². The van der Waals surface area contributed by atoms with Crippen molar-refractivity contribution in [1.29, 1.82) is 5.26 Å². The molecule has 0 saturated carbocycles. The number of rotatable bonds is 3. The summed E-state index contributed by atoms with van der Waals surface area (Å²) in [7, 11) is 0. The van der Waals surface area contributed by atoms with Gasteiger partial charge >= 0.3 is 0 Å². The topological polar surface area (TPSA) is 47.3 Å². The van der Waals surface area contributed by atoms with Crippen LogP contribution < -0.4 is 4.90 Å². The van der Waals surface area contributed by atoms with E-state index in [0.717, 1.165) is 44.6 Å². The first kappa shape index (κ1) is 15.6. The summed E-state index contributed by atoms with van der Waals surface area (Å²) in [4.78, 5) is 16.5. The fourth-order valence-electron chi connectivity index (χ4n) is 3.33. The van der Waals surface area contributed by atoms with E-state index in [4.69, 9.17) is 0 Å². The Balaban J connectivity index is 1.72. The predicted molar refractivity (Wildman–Crippen MR) is 91.9 cm³/mol. The monoisotopic (exact) mass is 309 g/mol. The quantitative estimate of drug-likeness (QED) is 0.636. The van der Waals surface area contributed by atoms with Crippen LogP contribution >= 0.6 is 0 Å². The SMILES string of the molecule is N#C/C(=C\c1ccc(N2CCCCC2)cc1)C(=O)N1CCCC1. The highest BCUT2D eigenvalue weighted by molar-refractivity contribution is 6.01. The maximum Gasteiger partial charge on any atom is 0.264 e. The van der Waals surface area contributed by atoms with Gasteiger partial charge in [0.2, 0.25) is 0 Å². The molecule has 1 amide bonds. The highest BCUT2D eigenvalue weighted by Crippen LogP contribution is 2.21. The molecular formula is C19H23N3O. The summed E-state index contributed by atoms with van der Waals surface area (Å²) in [5.41, 5.74) is 2.37. The average Bonchev–Trinajstić information content (AvgIpc) is 3.15. The maximum atomic E-state index is 12.3. The highest BCUT2D eigenvalue weighted by Gasteiger charge is 2.21. The van der Waals surface area contributed by atoms with Gasteiger partial charge in [0, 0.05) is 31.9 Å². The number of hydrogen-bond donors (Lipinski definition) is 0. The van der Waals surface area contributed by atoms with Gasteiger partial charge in [0.25, 0.3) is 5.91 Å². The van der Waals surface area contributed by atoms with Crippen molar-refractivity contribution in [3.8, 4) is 6.07 Å². The Morgan fingerprint density at radius 2 is 1.57 bits per heavy atom. The summed E-state index contributed by atoms with van der Waals surface area (Å²) in [6, 6.07) is 10.2. The summed E-state index contributed by atoms with van der Waals surface area (Å²) in [5.74, 6) is -0.134. The number of nitrogens with zero attached hydrogens (tertiary/aromatic N) is 3. The molecule has 23 heavy (non-hydrogen) atoms. The molecule has 2 aliphatic rings. The number of likely N-dealkylation sites (tertiary alicyclic amines) is 1. The average molecular weight is 309 g/mol. The maximum absolute atomic E-state index is 12.3. The van der Waals surface area contributed by atoms with Crippen molar-refractivity contribution >= 4 is 17.7 Å². The first-order chi connectivity index (χ1) is 11.3. The Bertz CT molecular complexity index is 615. The normalized spacial score (nSPS) is 18.8. The molecule has 0 unspecified atom stereocenters. The van der Waals surface area contributed by atoms with E-state index < -0.39 is 0 Å². The third-order valence-electron chi connectivity index (χ3n) is 4.67. The molecule has 4 heteroatoms. The molecule has 1 aromatic rings. The Labute approximate surface area is 138 Å². The summed E-state index contributed by atoms with van der Waals surface area (Å²) in [5, 5.41) is 9.30. The number of carbonyl (C=O) groups is 1. The Hall–Kier alpha value is -2.28. The molecule has 120 valence electrons. The minimum Gasteiger partial charge on any atom is -0.372 e. The van der Waals surface area contributed by atoms with E-state index in [9.17, 15) is 10.1 Å². The molecule has 0 radical (unpaired) electrons. The molecule has 3 rings (SSSR count). The molecule has 2 saturated heterocycles. The molecule has 2 fully saturated rings. The number of nitriles is 1. The molecule has 0 atom stereocenters. The van der Waals surface area contributed by atoms with Crippen LogP contribution in [0.4, 0.5) is 5.69 Å². The van der Waals surface area contributed by atoms with E-state index in [2.05, 4.69) is 23.1 Å². The van der Waals surface area contributed by atoms with Crippen LogP contribution in [-0.2, 0) is 4.79 Å². The van der Waals surface area contributed by atoms with Crippen LogP contribution in [0.2, 0.25) is 0 Å². The third kappa shape index (κ3) is 3.73. The number of piperidine rings is 1.